The molecule has 0 spiro atoms. The third-order valence-electron chi connectivity index (χ3n) is 9.60. The molecule has 0 aliphatic heterocycles. The van der Waals surface area contributed by atoms with Crippen molar-refractivity contribution in [1.29, 1.82) is 0 Å². The molecule has 0 amide bonds. The van der Waals surface area contributed by atoms with Gasteiger partial charge >= 0.3 is 5.97 Å². The zero-order valence-electron chi connectivity index (χ0n) is 18.3. The van der Waals surface area contributed by atoms with Gasteiger partial charge in [0.1, 0.15) is 11.9 Å². The van der Waals surface area contributed by atoms with Crippen molar-refractivity contribution in [2.45, 2.75) is 87.4 Å². The highest BCUT2D eigenvalue weighted by Gasteiger charge is 2.68. The molecule has 0 radical (unpaired) electrons. The summed E-state index contributed by atoms with van der Waals surface area (Å²) in [5.41, 5.74) is -0.00159. The second-order valence-electron chi connectivity index (χ2n) is 10.7. The zero-order chi connectivity index (χ0) is 21.9. The second-order valence-corrected chi connectivity index (χ2v) is 13.2. The second kappa shape index (κ2) is 7.87. The molecule has 166 valence electrons. The van der Waals surface area contributed by atoms with Crippen molar-refractivity contribution in [2.75, 3.05) is 6.54 Å². The molecule has 4 saturated carbocycles. The summed E-state index contributed by atoms with van der Waals surface area (Å²) in [5, 5.41) is 0. The Kier molecular flexibility index (Phi) is 5.97. The maximum Gasteiger partial charge on any atom is 0.302 e. The van der Waals surface area contributed by atoms with E-state index in [9.17, 15) is 9.59 Å². The van der Waals surface area contributed by atoms with E-state index in [1.165, 1.54) is 6.92 Å². The highest BCUT2D eigenvalue weighted by molar-refractivity contribution is 9.12. The van der Waals surface area contributed by atoms with Crippen LogP contribution in [0.1, 0.15) is 72.1 Å². The molecule has 6 heteroatoms. The minimum Gasteiger partial charge on any atom is -0.463 e. The van der Waals surface area contributed by atoms with Crippen LogP contribution >= 0.6 is 31.9 Å². The normalized spacial score (nSPS) is 49.9. The van der Waals surface area contributed by atoms with E-state index >= 15 is 0 Å². The fourth-order valence-electron chi connectivity index (χ4n) is 8.36. The standard InChI is InChI=1S/C24H33Br2NO3/c1-14(28)18-5-6-20-17-11-21(25)24(26)12-16(30-15(2)29)7-9-22(24,3)19(17)8-10-23(18,20)13-27-4/h16-21H,5-13H2,1-3H3/t16-,17?,18+,19?,20?,21?,22+,23-,24?/m0/s1. The van der Waals surface area contributed by atoms with Crippen molar-refractivity contribution in [3.8, 4) is 0 Å². The van der Waals surface area contributed by atoms with E-state index in [4.69, 9.17) is 11.3 Å². The molecule has 4 aliphatic rings. The smallest absolute Gasteiger partial charge is 0.302 e. The third-order valence-corrected chi connectivity index (χ3v) is 13.2. The maximum atomic E-state index is 12.5. The fraction of sp³-hybridized carbons (Fsp3) is 0.875. The van der Waals surface area contributed by atoms with Gasteiger partial charge in [-0.25, -0.2) is 6.57 Å². The van der Waals surface area contributed by atoms with Crippen LogP contribution < -0.4 is 0 Å². The van der Waals surface area contributed by atoms with Crippen LogP contribution in [0.4, 0.5) is 0 Å². The number of fused-ring (bicyclic) bond motifs is 5. The van der Waals surface area contributed by atoms with E-state index in [1.807, 2.05) is 0 Å². The quantitative estimate of drug-likeness (QED) is 0.251. The van der Waals surface area contributed by atoms with Crippen molar-refractivity contribution < 1.29 is 14.3 Å². The molecule has 0 aromatic carbocycles. The Bertz CT molecular complexity index is 781. The Morgan fingerprint density at radius 2 is 1.87 bits per heavy atom. The summed E-state index contributed by atoms with van der Waals surface area (Å²) in [4.78, 5) is 28.2. The lowest BCUT2D eigenvalue weighted by Crippen LogP contribution is -2.65. The van der Waals surface area contributed by atoms with E-state index in [0.717, 1.165) is 51.4 Å². The molecule has 5 unspecified atom stereocenters. The molecule has 4 nitrogen and oxygen atoms in total. The van der Waals surface area contributed by atoms with Gasteiger partial charge in [-0.05, 0) is 75.0 Å². The lowest BCUT2D eigenvalue weighted by molar-refractivity contribution is -0.156. The predicted octanol–water partition coefficient (Wildman–Crippen LogP) is 5.96. The van der Waals surface area contributed by atoms with Gasteiger partial charge in [-0.3, -0.25) is 9.59 Å². The third kappa shape index (κ3) is 3.16. The number of ketones is 1. The Labute approximate surface area is 197 Å². The molecular weight excluding hydrogens is 510 g/mol. The van der Waals surface area contributed by atoms with Crippen LogP contribution in [-0.2, 0) is 14.3 Å². The van der Waals surface area contributed by atoms with Gasteiger partial charge in [0.25, 0.3) is 0 Å². The monoisotopic (exact) mass is 541 g/mol. The summed E-state index contributed by atoms with van der Waals surface area (Å²) < 4.78 is 5.53. The van der Waals surface area contributed by atoms with Gasteiger partial charge < -0.3 is 9.58 Å². The summed E-state index contributed by atoms with van der Waals surface area (Å²) in [7, 11) is 0. The Morgan fingerprint density at radius 1 is 1.13 bits per heavy atom. The zero-order valence-corrected chi connectivity index (χ0v) is 21.4. The van der Waals surface area contributed by atoms with Crippen LogP contribution in [0.15, 0.2) is 0 Å². The van der Waals surface area contributed by atoms with Gasteiger partial charge in [0.15, 0.2) is 0 Å². The topological polar surface area (TPSA) is 47.7 Å². The lowest BCUT2D eigenvalue weighted by atomic mass is 9.44. The number of Topliss-reactive ketones (excluding diaryl/α,β-unsaturated/α-hetero) is 1. The molecule has 30 heavy (non-hydrogen) atoms. The van der Waals surface area contributed by atoms with Crippen LogP contribution in [0.3, 0.4) is 0 Å². The molecule has 0 saturated heterocycles. The predicted molar refractivity (Wildman–Crippen MR) is 124 cm³/mol. The number of hydrogen-bond acceptors (Lipinski definition) is 3. The number of ether oxygens (including phenoxy) is 1. The molecule has 0 heterocycles. The van der Waals surface area contributed by atoms with E-state index in [2.05, 4.69) is 43.6 Å². The lowest BCUT2D eigenvalue weighted by Gasteiger charge is -2.65. The summed E-state index contributed by atoms with van der Waals surface area (Å²) in [5.74, 6) is 1.76. The van der Waals surface area contributed by atoms with Gasteiger partial charge in [0.05, 0.1) is 5.41 Å². The van der Waals surface area contributed by atoms with Gasteiger partial charge in [-0.1, -0.05) is 38.8 Å². The number of nitrogens with zero attached hydrogens (tertiary/aromatic N) is 1. The summed E-state index contributed by atoms with van der Waals surface area (Å²) >= 11 is 8.26. The van der Waals surface area contributed by atoms with Gasteiger partial charge in [0.2, 0.25) is 6.54 Å². The van der Waals surface area contributed by atoms with Crippen LogP contribution in [0.25, 0.3) is 4.85 Å². The minimum absolute atomic E-state index is 0.0232. The van der Waals surface area contributed by atoms with E-state index in [1.54, 1.807) is 6.92 Å². The molecular formula is C24H33Br2NO3. The van der Waals surface area contributed by atoms with E-state index < -0.39 is 0 Å². The first-order valence-corrected chi connectivity index (χ1v) is 13.1. The van der Waals surface area contributed by atoms with Crippen molar-refractivity contribution in [3.63, 3.8) is 0 Å². The summed E-state index contributed by atoms with van der Waals surface area (Å²) in [6, 6.07) is 0. The molecule has 4 fully saturated rings. The number of hydrogen-bond donors (Lipinski definition) is 0. The minimum atomic E-state index is -0.192. The summed E-state index contributed by atoms with van der Waals surface area (Å²) in [6.45, 7) is 13.8. The maximum absolute atomic E-state index is 12.5. The largest absolute Gasteiger partial charge is 0.463 e. The van der Waals surface area contributed by atoms with Crippen molar-refractivity contribution in [1.82, 2.24) is 0 Å². The van der Waals surface area contributed by atoms with Crippen LogP contribution in [-0.4, -0.2) is 33.6 Å². The average Bonchev–Trinajstić information content (AvgIpc) is 3.04. The molecule has 9 atom stereocenters. The van der Waals surface area contributed by atoms with Gasteiger partial charge in [0, 0.05) is 28.4 Å². The fourth-order valence-corrected chi connectivity index (χ4v) is 10.5. The first-order valence-electron chi connectivity index (χ1n) is 11.4. The Balaban J connectivity index is 1.67. The number of halogens is 2. The number of carbonyl (C=O) groups is 2. The number of carbonyl (C=O) groups excluding carboxylic acids is 2. The first kappa shape index (κ1) is 22.8. The SMILES string of the molecule is [C-]#[N+]C[C@]12CCC3C(CC(Br)C4(Br)C[C@@H](OC(C)=O)CC[C@]34C)C1CC[C@@H]2C(C)=O. The van der Waals surface area contributed by atoms with Crippen LogP contribution in [0.2, 0.25) is 0 Å². The number of esters is 1. The molecule has 0 N–H and O–H groups in total. The van der Waals surface area contributed by atoms with Gasteiger partial charge in [-0.2, -0.15) is 0 Å². The van der Waals surface area contributed by atoms with E-state index in [0.29, 0.717) is 24.3 Å². The molecule has 0 aromatic heterocycles. The highest BCUT2D eigenvalue weighted by Crippen LogP contribution is 2.71. The van der Waals surface area contributed by atoms with Crippen molar-refractivity contribution in [2.24, 2.45) is 34.5 Å². The number of alkyl halides is 2. The highest BCUT2D eigenvalue weighted by atomic mass is 79.9. The first-order chi connectivity index (χ1) is 14.1. The van der Waals surface area contributed by atoms with Crippen molar-refractivity contribution >= 4 is 43.6 Å². The summed E-state index contributed by atoms with van der Waals surface area (Å²) in [6.07, 6.45) is 7.98. The molecule has 4 aliphatic carbocycles. The molecule has 0 aromatic rings. The van der Waals surface area contributed by atoms with Crippen molar-refractivity contribution in [3.05, 3.63) is 11.4 Å². The van der Waals surface area contributed by atoms with Gasteiger partial charge in [-0.15, -0.1) is 0 Å². The van der Waals surface area contributed by atoms with E-state index in [-0.39, 0.29) is 43.8 Å². The van der Waals surface area contributed by atoms with Crippen LogP contribution in [0.5, 0.6) is 0 Å². The van der Waals surface area contributed by atoms with Crippen LogP contribution in [0, 0.1) is 41.1 Å². The Hall–Kier alpha value is -0.410. The molecule has 0 bridgehead atoms. The average molecular weight is 543 g/mol. The molecule has 4 rings (SSSR count). The number of rotatable bonds is 3. The Morgan fingerprint density at radius 3 is 2.50 bits per heavy atom.